The molecule has 12 heavy (non-hydrogen) atoms. The standard InChI is InChI=1S/C6H11FN2O2.ClH/c7-4-3-8-2-1-5(4)9-6(10)11;/h4-5,8-9H,1-3H2,(H,10,11);1H/t4-,5+;/m1./s1. The average molecular weight is 199 g/mol. The second-order valence-corrected chi connectivity index (χ2v) is 2.56. The van der Waals surface area contributed by atoms with Crippen molar-refractivity contribution in [3.8, 4) is 0 Å². The highest BCUT2D eigenvalue weighted by Crippen LogP contribution is 2.06. The Balaban J connectivity index is 0.00000121. The van der Waals surface area contributed by atoms with Crippen molar-refractivity contribution in [3.63, 3.8) is 0 Å². The van der Waals surface area contributed by atoms with E-state index in [1.54, 1.807) is 0 Å². The highest BCUT2D eigenvalue weighted by Gasteiger charge is 2.25. The number of carbonyl (C=O) groups is 1. The average Bonchev–Trinajstić information content (AvgIpc) is 1.93. The molecular weight excluding hydrogens is 187 g/mol. The fourth-order valence-corrected chi connectivity index (χ4v) is 1.14. The Morgan fingerprint density at radius 2 is 2.33 bits per heavy atom. The van der Waals surface area contributed by atoms with Crippen LogP contribution in [0.5, 0.6) is 0 Å². The van der Waals surface area contributed by atoms with Crippen LogP contribution in [-0.2, 0) is 0 Å². The summed E-state index contributed by atoms with van der Waals surface area (Å²) >= 11 is 0. The molecule has 0 aliphatic carbocycles. The predicted octanol–water partition coefficient (Wildman–Crippen LogP) is 0.376. The molecule has 1 heterocycles. The van der Waals surface area contributed by atoms with Crippen molar-refractivity contribution in [2.75, 3.05) is 13.1 Å². The molecule has 1 aliphatic rings. The van der Waals surface area contributed by atoms with E-state index in [1.165, 1.54) is 0 Å². The van der Waals surface area contributed by atoms with Gasteiger partial charge in [-0.3, -0.25) is 0 Å². The first kappa shape index (κ1) is 11.4. The summed E-state index contributed by atoms with van der Waals surface area (Å²) < 4.78 is 12.8. The molecule has 0 saturated carbocycles. The Hall–Kier alpha value is -0.550. The summed E-state index contributed by atoms with van der Waals surface area (Å²) in [5.74, 6) is 0. The molecule has 1 rings (SSSR count). The molecule has 0 bridgehead atoms. The summed E-state index contributed by atoms with van der Waals surface area (Å²) in [4.78, 5) is 10.1. The molecule has 0 unspecified atom stereocenters. The maximum absolute atomic E-state index is 12.8. The Morgan fingerprint density at radius 3 is 2.83 bits per heavy atom. The topological polar surface area (TPSA) is 61.4 Å². The van der Waals surface area contributed by atoms with E-state index >= 15 is 0 Å². The van der Waals surface area contributed by atoms with E-state index in [1.807, 2.05) is 0 Å². The van der Waals surface area contributed by atoms with Gasteiger partial charge in [0.25, 0.3) is 0 Å². The zero-order valence-electron chi connectivity index (χ0n) is 6.42. The Kier molecular flexibility index (Phi) is 4.92. The van der Waals surface area contributed by atoms with Crippen LogP contribution in [0.4, 0.5) is 9.18 Å². The fraction of sp³-hybridized carbons (Fsp3) is 0.833. The van der Waals surface area contributed by atoms with Crippen LogP contribution in [-0.4, -0.2) is 36.5 Å². The predicted molar refractivity (Wildman–Crippen MR) is 44.6 cm³/mol. The van der Waals surface area contributed by atoms with E-state index in [9.17, 15) is 9.18 Å². The van der Waals surface area contributed by atoms with Gasteiger partial charge in [-0.05, 0) is 13.0 Å². The van der Waals surface area contributed by atoms with Crippen LogP contribution in [0.2, 0.25) is 0 Å². The summed E-state index contributed by atoms with van der Waals surface area (Å²) in [6.45, 7) is 0.913. The quantitative estimate of drug-likeness (QED) is 0.571. The molecule has 0 aromatic heterocycles. The van der Waals surface area contributed by atoms with Crippen molar-refractivity contribution in [2.24, 2.45) is 0 Å². The summed E-state index contributed by atoms with van der Waals surface area (Å²) in [5, 5.41) is 13.2. The summed E-state index contributed by atoms with van der Waals surface area (Å²) in [6.07, 6.45) is -1.73. The van der Waals surface area contributed by atoms with E-state index in [0.717, 1.165) is 0 Å². The molecule has 6 heteroatoms. The molecule has 1 fully saturated rings. The molecule has 4 nitrogen and oxygen atoms in total. The summed E-state index contributed by atoms with van der Waals surface area (Å²) in [5.41, 5.74) is 0. The fourth-order valence-electron chi connectivity index (χ4n) is 1.14. The SMILES string of the molecule is Cl.O=C(O)N[C@H]1CCNC[C@H]1F. The summed E-state index contributed by atoms with van der Waals surface area (Å²) in [7, 11) is 0. The maximum Gasteiger partial charge on any atom is 0.404 e. The van der Waals surface area contributed by atoms with Gasteiger partial charge >= 0.3 is 6.09 Å². The number of amides is 1. The number of halogens is 2. The first-order valence-corrected chi connectivity index (χ1v) is 3.54. The number of nitrogens with one attached hydrogen (secondary N) is 2. The number of piperidine rings is 1. The maximum atomic E-state index is 12.8. The van der Waals surface area contributed by atoms with E-state index < -0.39 is 18.3 Å². The van der Waals surface area contributed by atoms with Gasteiger partial charge in [-0.1, -0.05) is 0 Å². The first-order chi connectivity index (χ1) is 5.20. The Morgan fingerprint density at radius 1 is 1.67 bits per heavy atom. The molecule has 1 aliphatic heterocycles. The third kappa shape index (κ3) is 3.23. The third-order valence-electron chi connectivity index (χ3n) is 1.72. The van der Waals surface area contributed by atoms with E-state index in [2.05, 4.69) is 10.6 Å². The van der Waals surface area contributed by atoms with Crippen molar-refractivity contribution in [2.45, 2.75) is 18.6 Å². The summed E-state index contributed by atoms with van der Waals surface area (Å²) in [6, 6.07) is -0.534. The van der Waals surface area contributed by atoms with Crippen LogP contribution >= 0.6 is 12.4 Å². The van der Waals surface area contributed by atoms with Gasteiger partial charge in [0.15, 0.2) is 0 Å². The van der Waals surface area contributed by atoms with Crippen molar-refractivity contribution in [1.29, 1.82) is 0 Å². The molecular formula is C6H12ClFN2O2. The number of hydrogen-bond donors (Lipinski definition) is 3. The molecule has 0 aromatic rings. The Bertz CT molecular complexity index is 158. The monoisotopic (exact) mass is 198 g/mol. The molecule has 0 spiro atoms. The lowest BCUT2D eigenvalue weighted by atomic mass is 10.1. The number of hydrogen-bond acceptors (Lipinski definition) is 2. The highest BCUT2D eigenvalue weighted by molar-refractivity contribution is 5.85. The number of carboxylic acid groups (broad SMARTS) is 1. The zero-order chi connectivity index (χ0) is 8.27. The van der Waals surface area contributed by atoms with E-state index in [-0.39, 0.29) is 19.0 Å². The molecule has 2 atom stereocenters. The largest absolute Gasteiger partial charge is 0.465 e. The van der Waals surface area contributed by atoms with Gasteiger partial charge in [-0.15, -0.1) is 12.4 Å². The lowest BCUT2D eigenvalue weighted by Crippen LogP contribution is -2.50. The minimum absolute atomic E-state index is 0. The lowest BCUT2D eigenvalue weighted by Gasteiger charge is -2.26. The van der Waals surface area contributed by atoms with Gasteiger partial charge in [0, 0.05) is 6.54 Å². The molecule has 72 valence electrons. The van der Waals surface area contributed by atoms with Crippen LogP contribution in [0.25, 0.3) is 0 Å². The van der Waals surface area contributed by atoms with Gasteiger partial charge in [0.05, 0.1) is 6.04 Å². The molecule has 3 N–H and O–H groups in total. The van der Waals surface area contributed by atoms with Gasteiger partial charge < -0.3 is 15.7 Å². The molecule has 1 amide bonds. The van der Waals surface area contributed by atoms with Crippen LogP contribution in [0, 0.1) is 0 Å². The minimum Gasteiger partial charge on any atom is -0.465 e. The first-order valence-electron chi connectivity index (χ1n) is 3.54. The second kappa shape index (κ2) is 5.16. The van der Waals surface area contributed by atoms with Gasteiger partial charge in [-0.25, -0.2) is 9.18 Å². The van der Waals surface area contributed by atoms with Gasteiger partial charge in [0.2, 0.25) is 0 Å². The molecule has 0 radical (unpaired) electrons. The second-order valence-electron chi connectivity index (χ2n) is 2.56. The number of alkyl halides is 1. The van der Waals surface area contributed by atoms with E-state index in [4.69, 9.17) is 5.11 Å². The van der Waals surface area contributed by atoms with E-state index in [0.29, 0.717) is 13.0 Å². The normalized spacial score (nSPS) is 28.8. The van der Waals surface area contributed by atoms with Gasteiger partial charge in [0.1, 0.15) is 6.17 Å². The van der Waals surface area contributed by atoms with Crippen LogP contribution in [0.3, 0.4) is 0 Å². The van der Waals surface area contributed by atoms with Crippen molar-refractivity contribution in [3.05, 3.63) is 0 Å². The Labute approximate surface area is 75.9 Å². The van der Waals surface area contributed by atoms with Crippen LogP contribution < -0.4 is 10.6 Å². The van der Waals surface area contributed by atoms with Crippen molar-refractivity contribution < 1.29 is 14.3 Å². The van der Waals surface area contributed by atoms with Crippen LogP contribution in [0.1, 0.15) is 6.42 Å². The third-order valence-corrected chi connectivity index (χ3v) is 1.72. The van der Waals surface area contributed by atoms with Crippen molar-refractivity contribution >= 4 is 18.5 Å². The smallest absolute Gasteiger partial charge is 0.404 e. The molecule has 0 aromatic carbocycles. The zero-order valence-corrected chi connectivity index (χ0v) is 7.23. The van der Waals surface area contributed by atoms with Crippen LogP contribution in [0.15, 0.2) is 0 Å². The van der Waals surface area contributed by atoms with Crippen molar-refractivity contribution in [1.82, 2.24) is 10.6 Å². The highest BCUT2D eigenvalue weighted by atomic mass is 35.5. The number of rotatable bonds is 1. The minimum atomic E-state index is -1.15. The lowest BCUT2D eigenvalue weighted by molar-refractivity contribution is 0.163. The molecule has 1 saturated heterocycles. The van der Waals surface area contributed by atoms with Gasteiger partial charge in [-0.2, -0.15) is 0 Å².